The van der Waals surface area contributed by atoms with E-state index in [1.165, 1.54) is 16.0 Å². The van der Waals surface area contributed by atoms with Gasteiger partial charge in [0.1, 0.15) is 5.57 Å². The van der Waals surface area contributed by atoms with Gasteiger partial charge in [0.05, 0.1) is 23.0 Å². The molecule has 0 radical (unpaired) electrons. The Hall–Kier alpha value is -3.17. The molecule has 2 aliphatic rings. The minimum Gasteiger partial charge on any atom is -0.298 e. The fourth-order valence-corrected chi connectivity index (χ4v) is 3.74. The Balaban J connectivity index is 1.67. The molecule has 9 heteroatoms. The number of anilines is 2. The summed E-state index contributed by atoms with van der Waals surface area (Å²) in [4.78, 5) is 39.8. The molecule has 3 amide bonds. The molecule has 2 aromatic rings. The summed E-state index contributed by atoms with van der Waals surface area (Å²) in [5.41, 5.74) is 1.45. The van der Waals surface area contributed by atoms with E-state index in [2.05, 4.69) is 26.3 Å². The zero-order chi connectivity index (χ0) is 21.4. The van der Waals surface area contributed by atoms with Crippen LogP contribution in [0.1, 0.15) is 6.92 Å². The van der Waals surface area contributed by atoms with Gasteiger partial charge in [0.15, 0.2) is 5.11 Å². The molecule has 1 fully saturated rings. The number of thiocarbonyl (C=S) groups is 1. The highest BCUT2D eigenvalue weighted by molar-refractivity contribution is 9.10. The van der Waals surface area contributed by atoms with Gasteiger partial charge in [0.2, 0.25) is 0 Å². The van der Waals surface area contributed by atoms with Crippen molar-refractivity contribution in [2.75, 3.05) is 9.91 Å². The van der Waals surface area contributed by atoms with Crippen molar-refractivity contribution in [2.24, 2.45) is 11.0 Å². The number of rotatable bonds is 3. The molecule has 0 aromatic heterocycles. The Kier molecular flexibility index (Phi) is 5.31. The minimum absolute atomic E-state index is 0.0153. The van der Waals surface area contributed by atoms with Crippen molar-refractivity contribution in [2.45, 2.75) is 6.92 Å². The number of hydrazone groups is 1. The quantitative estimate of drug-likeness (QED) is 0.413. The monoisotopic (exact) mass is 482 g/mol. The van der Waals surface area contributed by atoms with Crippen LogP contribution in [0.15, 0.2) is 75.8 Å². The number of nitrogens with one attached hydrogen (secondary N) is 1. The smallest absolute Gasteiger partial charge is 0.269 e. The number of hydrogen-bond acceptors (Lipinski definition) is 5. The number of benzene rings is 2. The van der Waals surface area contributed by atoms with E-state index in [0.717, 1.165) is 4.47 Å². The van der Waals surface area contributed by atoms with Crippen LogP contribution in [0.2, 0.25) is 0 Å². The van der Waals surface area contributed by atoms with Crippen molar-refractivity contribution in [3.8, 4) is 0 Å². The van der Waals surface area contributed by atoms with E-state index in [0.29, 0.717) is 17.1 Å². The van der Waals surface area contributed by atoms with Crippen molar-refractivity contribution >= 4 is 68.1 Å². The average molecular weight is 483 g/mol. The molecular weight excluding hydrogens is 468 g/mol. The van der Waals surface area contributed by atoms with Crippen molar-refractivity contribution in [3.63, 3.8) is 0 Å². The molecule has 30 heavy (non-hydrogen) atoms. The third-order valence-corrected chi connectivity index (χ3v) is 5.52. The maximum absolute atomic E-state index is 13.1. The summed E-state index contributed by atoms with van der Waals surface area (Å²) in [6.07, 6.45) is 1.36. The van der Waals surface area contributed by atoms with Crippen LogP contribution >= 0.6 is 28.1 Å². The van der Waals surface area contributed by atoms with Crippen LogP contribution in [0, 0.1) is 5.92 Å². The van der Waals surface area contributed by atoms with Crippen molar-refractivity contribution < 1.29 is 14.4 Å². The highest BCUT2D eigenvalue weighted by atomic mass is 79.9. The van der Waals surface area contributed by atoms with Crippen LogP contribution in [-0.2, 0) is 14.4 Å². The maximum atomic E-state index is 13.1. The number of carbonyl (C=O) groups is 3. The number of halogens is 1. The van der Waals surface area contributed by atoms with Crippen LogP contribution in [0.3, 0.4) is 0 Å². The number of hydrogen-bond donors (Lipinski definition) is 1. The first-order chi connectivity index (χ1) is 14.4. The Bertz CT molecular complexity index is 1130. The lowest BCUT2D eigenvalue weighted by Gasteiger charge is -2.29. The molecule has 0 unspecified atom stereocenters. The first-order valence-electron chi connectivity index (χ1n) is 8.98. The van der Waals surface area contributed by atoms with Crippen LogP contribution in [0.5, 0.6) is 0 Å². The zero-order valence-electron chi connectivity index (χ0n) is 15.7. The lowest BCUT2D eigenvalue weighted by molar-refractivity contribution is -0.122. The number of amides is 3. The van der Waals surface area contributed by atoms with Crippen LogP contribution in [-0.4, -0.2) is 28.5 Å². The largest absolute Gasteiger partial charge is 0.298 e. The van der Waals surface area contributed by atoms with Crippen LogP contribution < -0.4 is 15.2 Å². The summed E-state index contributed by atoms with van der Waals surface area (Å²) in [5.74, 6) is -2.40. The first kappa shape index (κ1) is 20.1. The second-order valence-corrected chi connectivity index (χ2v) is 7.96. The van der Waals surface area contributed by atoms with E-state index >= 15 is 0 Å². The number of nitrogens with zero attached hydrogens (tertiary/aromatic N) is 3. The van der Waals surface area contributed by atoms with Gasteiger partial charge in [0.25, 0.3) is 17.7 Å². The van der Waals surface area contributed by atoms with Gasteiger partial charge in [0, 0.05) is 4.47 Å². The lowest BCUT2D eigenvalue weighted by Crippen LogP contribution is -2.54. The summed E-state index contributed by atoms with van der Waals surface area (Å²) in [6, 6.07) is 15.9. The van der Waals surface area contributed by atoms with E-state index in [9.17, 15) is 14.4 Å². The highest BCUT2D eigenvalue weighted by Crippen LogP contribution is 2.27. The highest BCUT2D eigenvalue weighted by Gasteiger charge is 2.39. The van der Waals surface area contributed by atoms with E-state index in [4.69, 9.17) is 12.2 Å². The fourth-order valence-electron chi connectivity index (χ4n) is 3.19. The summed E-state index contributed by atoms with van der Waals surface area (Å²) in [7, 11) is 0. The van der Waals surface area contributed by atoms with E-state index in [-0.39, 0.29) is 16.6 Å². The Morgan fingerprint density at radius 1 is 1.03 bits per heavy atom. The van der Waals surface area contributed by atoms with Gasteiger partial charge in [-0.3, -0.25) is 24.6 Å². The molecule has 150 valence electrons. The van der Waals surface area contributed by atoms with E-state index in [1.54, 1.807) is 55.5 Å². The maximum Gasteiger partial charge on any atom is 0.269 e. The van der Waals surface area contributed by atoms with Gasteiger partial charge in [-0.25, -0.2) is 0 Å². The summed E-state index contributed by atoms with van der Waals surface area (Å²) >= 11 is 8.54. The van der Waals surface area contributed by atoms with E-state index < -0.39 is 17.7 Å². The Morgan fingerprint density at radius 2 is 1.70 bits per heavy atom. The third-order valence-electron chi connectivity index (χ3n) is 4.70. The summed E-state index contributed by atoms with van der Waals surface area (Å²) < 4.78 is 0.839. The fraction of sp³-hybridized carbons (Fsp3) is 0.0952. The molecule has 0 spiro atoms. The standard InChI is InChI=1S/C21H15BrN4O3S/c1-12-16(20(29)26(24-12)15-5-3-2-4-6-15)11-17-18(27)23-21(30)25(19(17)28)14-9-7-13(22)8-10-14/h2-11,16H,1H3,(H,23,27,30)/b17-11-/t16-/m0/s1. The van der Waals surface area contributed by atoms with Gasteiger partial charge in [-0.1, -0.05) is 34.1 Å². The third kappa shape index (κ3) is 3.57. The topological polar surface area (TPSA) is 82.1 Å². The Labute approximate surface area is 186 Å². The average Bonchev–Trinajstić information content (AvgIpc) is 3.01. The number of para-hydroxylation sites is 1. The molecule has 0 saturated carbocycles. The molecule has 7 nitrogen and oxygen atoms in total. The van der Waals surface area contributed by atoms with Crippen LogP contribution in [0.25, 0.3) is 0 Å². The number of carbonyl (C=O) groups excluding carboxylic acids is 3. The molecular formula is C21H15BrN4O3S. The van der Waals surface area contributed by atoms with Gasteiger partial charge < -0.3 is 0 Å². The van der Waals surface area contributed by atoms with Gasteiger partial charge in [-0.15, -0.1) is 0 Å². The van der Waals surface area contributed by atoms with Crippen molar-refractivity contribution in [1.29, 1.82) is 0 Å². The molecule has 4 rings (SSSR count). The molecule has 0 bridgehead atoms. The minimum atomic E-state index is -0.826. The van der Waals surface area contributed by atoms with Gasteiger partial charge in [-0.05, 0) is 61.6 Å². The first-order valence-corrected chi connectivity index (χ1v) is 10.2. The second-order valence-electron chi connectivity index (χ2n) is 6.66. The van der Waals surface area contributed by atoms with Gasteiger partial charge >= 0.3 is 0 Å². The lowest BCUT2D eigenvalue weighted by atomic mass is 9.98. The molecule has 2 aromatic carbocycles. The molecule has 1 saturated heterocycles. The molecule has 1 N–H and O–H groups in total. The van der Waals surface area contributed by atoms with Crippen molar-refractivity contribution in [1.82, 2.24) is 5.32 Å². The zero-order valence-corrected chi connectivity index (χ0v) is 18.1. The summed E-state index contributed by atoms with van der Waals surface area (Å²) in [5, 5.41) is 8.09. The molecule has 0 aliphatic carbocycles. The van der Waals surface area contributed by atoms with Crippen LogP contribution in [0.4, 0.5) is 11.4 Å². The second kappa shape index (κ2) is 7.92. The molecule has 2 aliphatic heterocycles. The predicted molar refractivity (Wildman–Crippen MR) is 121 cm³/mol. The van der Waals surface area contributed by atoms with Gasteiger partial charge in [-0.2, -0.15) is 10.1 Å². The normalized spacial score (nSPS) is 20.7. The molecule has 1 atom stereocenters. The SMILES string of the molecule is CC1=NN(c2ccccc2)C(=O)[C@H]1/C=C1/C(=O)NC(=S)N(c2ccc(Br)cc2)C1=O. The predicted octanol–water partition coefficient (Wildman–Crippen LogP) is 3.16. The Morgan fingerprint density at radius 3 is 2.37 bits per heavy atom. The summed E-state index contributed by atoms with van der Waals surface area (Å²) in [6.45, 7) is 1.69. The van der Waals surface area contributed by atoms with E-state index in [1.807, 2.05) is 6.07 Å². The molecule has 2 heterocycles. The van der Waals surface area contributed by atoms with Crippen molar-refractivity contribution in [3.05, 3.63) is 70.7 Å².